The Kier molecular flexibility index (Phi) is 8.72. The molecule has 3 N–H and O–H groups in total. The fourth-order valence-electron chi connectivity index (χ4n) is 3.49. The molecule has 3 aromatic carbocycles. The first-order valence-electron chi connectivity index (χ1n) is 11.0. The maximum Gasteiger partial charge on any atom is 0.319 e. The Balaban J connectivity index is 1.70. The second kappa shape index (κ2) is 11.9. The zero-order valence-corrected chi connectivity index (χ0v) is 19.6. The first-order chi connectivity index (χ1) is 16.0. The van der Waals surface area contributed by atoms with E-state index in [-0.39, 0.29) is 5.91 Å². The number of rotatable bonds is 9. The highest BCUT2D eigenvalue weighted by Crippen LogP contribution is 2.18. The summed E-state index contributed by atoms with van der Waals surface area (Å²) in [5.41, 5.74) is 3.30. The highest BCUT2D eigenvalue weighted by atomic mass is 35.5. The monoisotopic (exact) mass is 464 g/mol. The van der Waals surface area contributed by atoms with E-state index in [2.05, 4.69) is 34.7 Å². The van der Waals surface area contributed by atoms with Gasteiger partial charge in [0.1, 0.15) is 6.04 Å². The number of urea groups is 1. The smallest absolute Gasteiger partial charge is 0.319 e. The maximum absolute atomic E-state index is 13.1. The van der Waals surface area contributed by atoms with Crippen LogP contribution in [0.25, 0.3) is 0 Å². The lowest BCUT2D eigenvalue weighted by molar-refractivity contribution is -0.117. The zero-order valence-electron chi connectivity index (χ0n) is 18.8. The Morgan fingerprint density at radius 1 is 0.818 bits per heavy atom. The van der Waals surface area contributed by atoms with Crippen molar-refractivity contribution in [1.82, 2.24) is 5.32 Å². The van der Waals surface area contributed by atoms with Crippen LogP contribution in [0.3, 0.4) is 0 Å². The molecule has 0 saturated carbocycles. The lowest BCUT2D eigenvalue weighted by atomic mass is 10.1. The summed E-state index contributed by atoms with van der Waals surface area (Å²) in [6, 6.07) is 22.8. The van der Waals surface area contributed by atoms with E-state index in [1.165, 1.54) is 0 Å². The van der Waals surface area contributed by atoms with Crippen molar-refractivity contribution in [2.75, 3.05) is 28.6 Å². The molecule has 0 aromatic heterocycles. The van der Waals surface area contributed by atoms with Gasteiger partial charge < -0.3 is 20.9 Å². The Labute approximate surface area is 200 Å². The van der Waals surface area contributed by atoms with E-state index < -0.39 is 12.1 Å². The van der Waals surface area contributed by atoms with Crippen molar-refractivity contribution in [2.24, 2.45) is 0 Å². The number of hydrogen-bond donors (Lipinski definition) is 3. The minimum absolute atomic E-state index is 0.291. The normalized spacial score (nSPS) is 11.4. The number of nitrogens with one attached hydrogen (secondary N) is 3. The molecule has 0 bridgehead atoms. The number of amides is 3. The largest absolute Gasteiger partial charge is 0.372 e. The van der Waals surface area contributed by atoms with Crippen LogP contribution in [0.4, 0.5) is 21.9 Å². The first kappa shape index (κ1) is 24.1. The van der Waals surface area contributed by atoms with E-state index in [1.54, 1.807) is 24.3 Å². The zero-order chi connectivity index (χ0) is 23.6. The number of carbonyl (C=O) groups excluding carboxylic acids is 2. The molecule has 6 nitrogen and oxygen atoms in total. The molecule has 1 atom stereocenters. The Bertz CT molecular complexity index is 1040. The van der Waals surface area contributed by atoms with Crippen molar-refractivity contribution in [1.29, 1.82) is 0 Å². The SMILES string of the molecule is CCN(CC)c1ccc(NC(=O)[C@@H](Cc2ccccc2)NC(=O)Nc2ccc(Cl)cc2)cc1. The summed E-state index contributed by atoms with van der Waals surface area (Å²) < 4.78 is 0. The molecule has 0 fully saturated rings. The fourth-order valence-corrected chi connectivity index (χ4v) is 3.62. The predicted molar refractivity (Wildman–Crippen MR) is 136 cm³/mol. The third kappa shape index (κ3) is 7.26. The van der Waals surface area contributed by atoms with Crippen molar-refractivity contribution in [3.05, 3.63) is 89.4 Å². The van der Waals surface area contributed by atoms with Crippen molar-refractivity contribution in [3.63, 3.8) is 0 Å². The van der Waals surface area contributed by atoms with Crippen LogP contribution >= 0.6 is 11.6 Å². The van der Waals surface area contributed by atoms with Crippen LogP contribution in [0.2, 0.25) is 5.02 Å². The summed E-state index contributed by atoms with van der Waals surface area (Å²) in [7, 11) is 0. The van der Waals surface area contributed by atoms with Gasteiger partial charge in [0.2, 0.25) is 5.91 Å². The predicted octanol–water partition coefficient (Wildman–Crippen LogP) is 5.56. The lowest BCUT2D eigenvalue weighted by Crippen LogP contribution is -2.46. The van der Waals surface area contributed by atoms with E-state index in [4.69, 9.17) is 11.6 Å². The third-order valence-corrected chi connectivity index (χ3v) is 5.52. The molecule has 0 spiro atoms. The van der Waals surface area contributed by atoms with E-state index >= 15 is 0 Å². The molecule has 0 heterocycles. The molecule has 0 radical (unpaired) electrons. The second-order valence-electron chi connectivity index (χ2n) is 7.56. The van der Waals surface area contributed by atoms with E-state index in [9.17, 15) is 9.59 Å². The summed E-state index contributed by atoms with van der Waals surface area (Å²) in [5.74, 6) is -0.291. The summed E-state index contributed by atoms with van der Waals surface area (Å²) in [5, 5.41) is 9.04. The highest BCUT2D eigenvalue weighted by Gasteiger charge is 2.22. The highest BCUT2D eigenvalue weighted by molar-refractivity contribution is 6.30. The van der Waals surface area contributed by atoms with Gasteiger partial charge in [-0.3, -0.25) is 4.79 Å². The number of halogens is 1. The van der Waals surface area contributed by atoms with Crippen LogP contribution in [0.15, 0.2) is 78.9 Å². The molecule has 172 valence electrons. The Morgan fingerprint density at radius 3 is 2.00 bits per heavy atom. The van der Waals surface area contributed by atoms with Crippen LogP contribution in [0.5, 0.6) is 0 Å². The molecule has 3 rings (SSSR count). The van der Waals surface area contributed by atoms with Gasteiger partial charge in [0.25, 0.3) is 0 Å². The summed E-state index contributed by atoms with van der Waals surface area (Å²) in [4.78, 5) is 27.9. The van der Waals surface area contributed by atoms with Gasteiger partial charge in [-0.25, -0.2) is 4.79 Å². The van der Waals surface area contributed by atoms with Crippen LogP contribution in [-0.4, -0.2) is 31.1 Å². The Morgan fingerprint density at radius 2 is 1.39 bits per heavy atom. The Hall–Kier alpha value is -3.51. The minimum Gasteiger partial charge on any atom is -0.372 e. The summed E-state index contributed by atoms with van der Waals surface area (Å²) in [6.07, 6.45) is 0.359. The number of nitrogens with zero attached hydrogens (tertiary/aromatic N) is 1. The molecule has 3 aromatic rings. The summed E-state index contributed by atoms with van der Waals surface area (Å²) in [6.45, 7) is 6.03. The fraction of sp³-hybridized carbons (Fsp3) is 0.231. The molecule has 0 unspecified atom stereocenters. The lowest BCUT2D eigenvalue weighted by Gasteiger charge is -2.22. The first-order valence-corrected chi connectivity index (χ1v) is 11.4. The molecule has 7 heteroatoms. The second-order valence-corrected chi connectivity index (χ2v) is 7.99. The third-order valence-electron chi connectivity index (χ3n) is 5.27. The van der Waals surface area contributed by atoms with Gasteiger partial charge in [0, 0.05) is 41.6 Å². The van der Waals surface area contributed by atoms with E-state index in [0.717, 1.165) is 24.3 Å². The molecule has 3 amide bonds. The molecule has 0 aliphatic carbocycles. The average Bonchev–Trinajstić information content (AvgIpc) is 2.82. The molecule has 0 saturated heterocycles. The molecular weight excluding hydrogens is 436 g/mol. The molecule has 0 aliphatic heterocycles. The van der Waals surface area contributed by atoms with Gasteiger partial charge in [-0.1, -0.05) is 41.9 Å². The van der Waals surface area contributed by atoms with Crippen LogP contribution < -0.4 is 20.9 Å². The van der Waals surface area contributed by atoms with E-state index in [0.29, 0.717) is 22.8 Å². The molecule has 0 aliphatic rings. The summed E-state index contributed by atoms with van der Waals surface area (Å²) >= 11 is 5.90. The molecule has 33 heavy (non-hydrogen) atoms. The number of carbonyl (C=O) groups is 2. The van der Waals surface area contributed by atoms with Crippen LogP contribution in [0, 0.1) is 0 Å². The van der Waals surface area contributed by atoms with Crippen molar-refractivity contribution < 1.29 is 9.59 Å². The maximum atomic E-state index is 13.1. The molecular formula is C26H29ClN4O2. The van der Waals surface area contributed by atoms with Gasteiger partial charge in [0.15, 0.2) is 0 Å². The number of benzene rings is 3. The van der Waals surface area contributed by atoms with E-state index in [1.807, 2.05) is 54.6 Å². The van der Waals surface area contributed by atoms with Gasteiger partial charge in [0.05, 0.1) is 0 Å². The minimum atomic E-state index is -0.762. The topological polar surface area (TPSA) is 73.5 Å². The van der Waals surface area contributed by atoms with Gasteiger partial charge in [-0.05, 0) is 67.9 Å². The number of anilines is 3. The van der Waals surface area contributed by atoms with Gasteiger partial charge >= 0.3 is 6.03 Å². The standard InChI is InChI=1S/C26H29ClN4O2/c1-3-31(4-2)23-16-14-21(15-17-23)28-25(32)24(18-19-8-6-5-7-9-19)30-26(33)29-22-12-10-20(27)11-13-22/h5-17,24H,3-4,18H2,1-2H3,(H,28,32)(H2,29,30,33)/t24-/m1/s1. The van der Waals surface area contributed by atoms with Crippen molar-refractivity contribution in [2.45, 2.75) is 26.3 Å². The average molecular weight is 465 g/mol. The quantitative estimate of drug-likeness (QED) is 0.388. The van der Waals surface area contributed by atoms with Crippen LogP contribution in [-0.2, 0) is 11.2 Å². The number of hydrogen-bond acceptors (Lipinski definition) is 3. The van der Waals surface area contributed by atoms with Crippen molar-refractivity contribution >= 4 is 40.6 Å². The van der Waals surface area contributed by atoms with Gasteiger partial charge in [-0.15, -0.1) is 0 Å². The van der Waals surface area contributed by atoms with Crippen LogP contribution in [0.1, 0.15) is 19.4 Å². The van der Waals surface area contributed by atoms with Crippen molar-refractivity contribution in [3.8, 4) is 0 Å². The van der Waals surface area contributed by atoms with Gasteiger partial charge in [-0.2, -0.15) is 0 Å².